The molecular formula is C119H142N8O12. The SMILES string of the molecule is COC[C@H]1[C@@H](c2ccc(C#Cc3ccccc3OC)cc2)[C@@H]2CN(C(=O)C3CCC3)CCCCN12.COC[C@H]1[C@@H](c2ccc(C#Cc3ccccc3OC)cc2)[C@H]2CN(C(=O)C3CCC3)CCCCN21.COC[C@H]1[C@H](c2ccc(C#Cc3ccccc3OC)cc2)[C@@H]2CN(C(=O)C3CCC3)CCCCN12.COc1ccccc1C#Cc1ccc([C@@H]2[C@H](CO)N3CCCCN(C(=O)C4CCC4)C[C@@H]23)cc1. The van der Waals surface area contributed by atoms with E-state index in [0.717, 1.165) is 249 Å². The molecule has 12 atom stereocenters. The average molecular weight is 1880 g/mol. The van der Waals surface area contributed by atoms with Gasteiger partial charge in [0.25, 0.3) is 0 Å². The first-order chi connectivity index (χ1) is 68.3. The highest BCUT2D eigenvalue weighted by Crippen LogP contribution is 2.49. The zero-order chi connectivity index (χ0) is 96.1. The van der Waals surface area contributed by atoms with E-state index >= 15 is 0 Å². The second kappa shape index (κ2) is 48.3. The van der Waals surface area contributed by atoms with E-state index in [1.54, 1.807) is 49.8 Å². The summed E-state index contributed by atoms with van der Waals surface area (Å²) in [6, 6.07) is 68.2. The Kier molecular flexibility index (Phi) is 34.5. The first kappa shape index (κ1) is 99.3. The van der Waals surface area contributed by atoms with E-state index < -0.39 is 0 Å². The summed E-state index contributed by atoms with van der Waals surface area (Å²) in [5.74, 6) is 33.0. The van der Waals surface area contributed by atoms with Gasteiger partial charge in [-0.2, -0.15) is 0 Å². The topological polar surface area (TPSA) is 179 Å². The molecule has 20 nitrogen and oxygen atoms in total. The maximum absolute atomic E-state index is 13.1. The maximum Gasteiger partial charge on any atom is 0.225 e. The molecule has 4 aliphatic carbocycles. The summed E-state index contributed by atoms with van der Waals surface area (Å²) in [6.45, 7) is 13.4. The van der Waals surface area contributed by atoms with Gasteiger partial charge in [0.15, 0.2) is 0 Å². The number of hydrogen-bond acceptors (Lipinski definition) is 16. The van der Waals surface area contributed by atoms with Crippen molar-refractivity contribution in [1.29, 1.82) is 0 Å². The minimum absolute atomic E-state index is 0.120. The average Bonchev–Trinajstić information content (AvgIpc) is 0.748. The molecule has 0 bridgehead atoms. The van der Waals surface area contributed by atoms with Gasteiger partial charge in [-0.3, -0.25) is 38.8 Å². The Morgan fingerprint density at radius 2 is 0.475 bits per heavy atom. The van der Waals surface area contributed by atoms with Crippen LogP contribution in [0.1, 0.15) is 219 Å². The number of hydrogen-bond donors (Lipinski definition) is 1. The molecule has 8 saturated heterocycles. The van der Waals surface area contributed by atoms with Crippen LogP contribution in [0.4, 0.5) is 0 Å². The second-order valence-corrected chi connectivity index (χ2v) is 39.9. The van der Waals surface area contributed by atoms with Crippen LogP contribution in [0.5, 0.6) is 23.0 Å². The van der Waals surface area contributed by atoms with Crippen molar-refractivity contribution in [3.05, 3.63) is 261 Å². The lowest BCUT2D eigenvalue weighted by atomic mass is 9.74. The standard InChI is InChI=1S/3C30H36N2O3.C29H34N2O3/c3*1-34-21-27-29(26-20-31(18-5-6-19-32(26)27)30(33)25-9-7-10-25)24-16-13-22(14-17-24)12-15-23-8-3-4-11-28(23)35-2;1-34-27-10-3-2-7-22(27)14-11-21-12-15-23(16-13-21)28-25-19-30(29(33)24-8-6-9-24)17-4-5-18-31(25)26(28)20-32/h3*3-4,8,11,13-14,16-17,25-27,29H,5-7,9-10,18-21H2,1-2H3;2-3,7,10,12-13,15-16,24-26,28,32H,4-6,8-9,17-20H2,1H3/t26-,27+,29+;26-,27-,29+;26-,27-,29-;25-,26-,28-/m1000/s1. The van der Waals surface area contributed by atoms with E-state index in [0.29, 0.717) is 97.5 Å². The van der Waals surface area contributed by atoms with E-state index in [9.17, 15) is 24.3 Å². The van der Waals surface area contributed by atoms with Gasteiger partial charge < -0.3 is 57.9 Å². The Bertz CT molecular complexity index is 5300. The molecule has 12 fully saturated rings. The van der Waals surface area contributed by atoms with Crippen molar-refractivity contribution in [2.75, 3.05) is 155 Å². The van der Waals surface area contributed by atoms with Crippen LogP contribution < -0.4 is 18.9 Å². The highest BCUT2D eigenvalue weighted by atomic mass is 16.5. The molecule has 8 aliphatic heterocycles. The molecule has 8 aromatic carbocycles. The van der Waals surface area contributed by atoms with Gasteiger partial charge in [-0.1, -0.05) is 170 Å². The van der Waals surface area contributed by atoms with Gasteiger partial charge in [-0.05, 0) is 248 Å². The normalized spacial score (nSPS) is 24.7. The van der Waals surface area contributed by atoms with Crippen LogP contribution in [0, 0.1) is 71.0 Å². The van der Waals surface area contributed by atoms with Crippen LogP contribution in [0.3, 0.4) is 0 Å². The Balaban J connectivity index is 0.000000128. The molecule has 139 heavy (non-hydrogen) atoms. The minimum atomic E-state index is 0.120. The van der Waals surface area contributed by atoms with Crippen molar-refractivity contribution in [2.24, 2.45) is 23.7 Å². The van der Waals surface area contributed by atoms with Crippen LogP contribution in [-0.2, 0) is 33.4 Å². The second-order valence-electron chi connectivity index (χ2n) is 39.9. The maximum atomic E-state index is 13.1. The highest BCUT2D eigenvalue weighted by Gasteiger charge is 2.55. The number of nitrogens with zero attached hydrogens (tertiary/aromatic N) is 8. The molecule has 8 heterocycles. The third-order valence-corrected chi connectivity index (χ3v) is 32.0. The van der Waals surface area contributed by atoms with Crippen LogP contribution in [0.2, 0.25) is 0 Å². The largest absolute Gasteiger partial charge is 0.495 e. The van der Waals surface area contributed by atoms with Gasteiger partial charge in [0.1, 0.15) is 23.0 Å². The lowest BCUT2D eigenvalue weighted by molar-refractivity contribution is -0.144. The van der Waals surface area contributed by atoms with Crippen molar-refractivity contribution >= 4 is 23.6 Å². The van der Waals surface area contributed by atoms with Crippen LogP contribution in [0.15, 0.2) is 194 Å². The van der Waals surface area contributed by atoms with E-state index in [4.69, 9.17) is 33.2 Å². The fourth-order valence-corrected chi connectivity index (χ4v) is 23.4. The van der Waals surface area contributed by atoms with Crippen LogP contribution >= 0.6 is 0 Å². The Hall–Kier alpha value is -11.2. The summed E-state index contributed by atoms with van der Waals surface area (Å²) in [7, 11) is 12.0. The number of para-hydroxylation sites is 4. The first-order valence-electron chi connectivity index (χ1n) is 51.5. The zero-order valence-corrected chi connectivity index (χ0v) is 82.7. The fourth-order valence-electron chi connectivity index (χ4n) is 23.4. The molecule has 0 aromatic heterocycles. The van der Waals surface area contributed by atoms with Crippen molar-refractivity contribution < 1.29 is 57.4 Å². The van der Waals surface area contributed by atoms with Gasteiger partial charge >= 0.3 is 0 Å². The third-order valence-electron chi connectivity index (χ3n) is 32.0. The molecular weight excluding hydrogens is 1730 g/mol. The molecule has 20 rings (SSSR count). The van der Waals surface area contributed by atoms with Gasteiger partial charge in [0.05, 0.1) is 77.1 Å². The van der Waals surface area contributed by atoms with Gasteiger partial charge in [-0.15, -0.1) is 0 Å². The Labute approximate surface area is 825 Å². The summed E-state index contributed by atoms with van der Waals surface area (Å²) in [6.07, 6.45) is 22.1. The summed E-state index contributed by atoms with van der Waals surface area (Å²) in [5.41, 5.74) is 12.6. The van der Waals surface area contributed by atoms with E-state index in [2.05, 4.69) is 184 Å². The smallest absolute Gasteiger partial charge is 0.225 e. The Morgan fingerprint density at radius 1 is 0.266 bits per heavy atom. The summed E-state index contributed by atoms with van der Waals surface area (Å²) < 4.78 is 38.5. The molecule has 8 aromatic rings. The van der Waals surface area contributed by atoms with E-state index in [1.807, 2.05) is 97.1 Å². The Morgan fingerprint density at radius 3 is 0.676 bits per heavy atom. The van der Waals surface area contributed by atoms with Crippen molar-refractivity contribution in [2.45, 2.75) is 200 Å². The molecule has 0 spiro atoms. The van der Waals surface area contributed by atoms with Crippen molar-refractivity contribution in [3.63, 3.8) is 0 Å². The number of carbonyl (C=O) groups excluding carboxylic acids is 4. The molecule has 12 aliphatic rings. The van der Waals surface area contributed by atoms with Crippen LogP contribution in [0.25, 0.3) is 0 Å². The summed E-state index contributed by atoms with van der Waals surface area (Å²) in [5, 5.41) is 10.2. The lowest BCUT2D eigenvalue weighted by Gasteiger charge is -2.57. The highest BCUT2D eigenvalue weighted by molar-refractivity contribution is 5.81. The number of aliphatic hydroxyl groups is 1. The third kappa shape index (κ3) is 23.2. The van der Waals surface area contributed by atoms with E-state index in [-0.39, 0.29) is 48.3 Å². The number of fused-ring (bicyclic) bond motifs is 4. The molecule has 0 unspecified atom stereocenters. The quantitative estimate of drug-likeness (QED) is 0.0755. The first-order valence-corrected chi connectivity index (χ1v) is 51.5. The molecule has 730 valence electrons. The number of aliphatic hydroxyl groups excluding tert-OH is 1. The number of ether oxygens (including phenoxy) is 7. The zero-order valence-electron chi connectivity index (χ0n) is 82.7. The summed E-state index contributed by atoms with van der Waals surface area (Å²) in [4.78, 5) is 71.2. The van der Waals surface area contributed by atoms with Gasteiger partial charge in [-0.25, -0.2) is 0 Å². The minimum Gasteiger partial charge on any atom is -0.495 e. The van der Waals surface area contributed by atoms with E-state index in [1.165, 1.54) is 47.9 Å². The lowest BCUT2D eigenvalue weighted by Crippen LogP contribution is -2.68. The fraction of sp³-hybridized carbons (Fsp3) is 0.496. The molecule has 4 amide bonds. The number of rotatable bonds is 19. The number of methoxy groups -OCH3 is 7. The molecule has 0 radical (unpaired) electrons. The van der Waals surface area contributed by atoms with Crippen LogP contribution in [-0.4, -0.2) is 271 Å². The monoisotopic (exact) mass is 1880 g/mol. The summed E-state index contributed by atoms with van der Waals surface area (Å²) >= 11 is 0. The predicted octanol–water partition coefficient (Wildman–Crippen LogP) is 16.5. The number of carbonyl (C=O) groups is 4. The van der Waals surface area contributed by atoms with Crippen molar-refractivity contribution in [3.8, 4) is 70.4 Å². The molecule has 4 saturated carbocycles. The van der Waals surface area contributed by atoms with Gasteiger partial charge in [0.2, 0.25) is 23.6 Å². The number of benzene rings is 8. The molecule has 1 N–H and O–H groups in total. The number of amides is 4. The van der Waals surface area contributed by atoms with Gasteiger partial charge in [0, 0.05) is 192 Å². The predicted molar refractivity (Wildman–Crippen MR) is 545 cm³/mol. The molecule has 20 heteroatoms. The van der Waals surface area contributed by atoms with Crippen molar-refractivity contribution in [1.82, 2.24) is 39.2 Å².